The predicted octanol–water partition coefficient (Wildman–Crippen LogP) is 4.05. The van der Waals surface area contributed by atoms with Gasteiger partial charge in [-0.1, -0.05) is 27.7 Å². The largest absolute Gasteiger partial charge is 0.491 e. The van der Waals surface area contributed by atoms with Gasteiger partial charge in [0.05, 0.1) is 31.3 Å². The van der Waals surface area contributed by atoms with Crippen molar-refractivity contribution in [2.45, 2.75) is 59.1 Å². The molecule has 0 saturated carbocycles. The molecule has 228 valence electrons. The van der Waals surface area contributed by atoms with E-state index in [0.717, 1.165) is 11.3 Å². The summed E-state index contributed by atoms with van der Waals surface area (Å²) in [6.45, 7) is 10.7. The van der Waals surface area contributed by atoms with E-state index in [1.807, 2.05) is 52.6 Å². The van der Waals surface area contributed by atoms with Crippen molar-refractivity contribution in [1.29, 1.82) is 5.41 Å². The van der Waals surface area contributed by atoms with Crippen molar-refractivity contribution in [2.24, 2.45) is 5.92 Å². The fourth-order valence-electron chi connectivity index (χ4n) is 5.34. The van der Waals surface area contributed by atoms with Gasteiger partial charge in [0.15, 0.2) is 17.2 Å². The molecule has 3 heterocycles. The maximum atomic E-state index is 13.7. The number of anilines is 1. The standard InChI is InChI=1S/C30H39N5O6.BrH/c1-8-18(29(38)39)23-15-34(7)20-11-16(10-19(26(20)41-23)30(3,4)5)21(36)14-35-13-17-12-22(40-9-2)25(28(37)32-6)33-24(17)27(35)31;/h10-12,18,23,31H,8-9,13-15H2,1-7H3,(H,32,37)(H,38,39);1H. The topological polar surface area (TPSA) is 145 Å². The van der Waals surface area contributed by atoms with Crippen LogP contribution in [0.1, 0.15) is 78.7 Å². The maximum absolute atomic E-state index is 13.7. The van der Waals surface area contributed by atoms with Crippen molar-refractivity contribution in [3.63, 3.8) is 0 Å². The van der Waals surface area contributed by atoms with Crippen LogP contribution in [0.2, 0.25) is 0 Å². The summed E-state index contributed by atoms with van der Waals surface area (Å²) in [7, 11) is 3.38. The van der Waals surface area contributed by atoms with Gasteiger partial charge in [0.1, 0.15) is 23.4 Å². The molecular formula is C30H40BrN5O6. The molecule has 1 aromatic carbocycles. The summed E-state index contributed by atoms with van der Waals surface area (Å²) in [6, 6.07) is 5.32. The first kappa shape index (κ1) is 32.8. The van der Waals surface area contributed by atoms with Crippen molar-refractivity contribution in [3.05, 3.63) is 46.3 Å². The Morgan fingerprint density at radius 3 is 2.50 bits per heavy atom. The molecule has 1 aromatic heterocycles. The van der Waals surface area contributed by atoms with Crippen LogP contribution in [0.25, 0.3) is 0 Å². The van der Waals surface area contributed by atoms with E-state index < -0.39 is 23.9 Å². The van der Waals surface area contributed by atoms with Gasteiger partial charge >= 0.3 is 5.97 Å². The van der Waals surface area contributed by atoms with E-state index in [1.54, 1.807) is 17.0 Å². The fourth-order valence-corrected chi connectivity index (χ4v) is 5.34. The Hall–Kier alpha value is -3.67. The minimum absolute atomic E-state index is 0. The van der Waals surface area contributed by atoms with E-state index in [-0.39, 0.29) is 52.8 Å². The highest BCUT2D eigenvalue weighted by Gasteiger charge is 2.37. The third kappa shape index (κ3) is 6.23. The number of nitrogens with zero attached hydrogens (tertiary/aromatic N) is 3. The van der Waals surface area contributed by atoms with Crippen LogP contribution in [0, 0.1) is 11.3 Å². The molecule has 2 aliphatic rings. The number of hydrogen-bond acceptors (Lipinski definition) is 8. The number of nitrogens with one attached hydrogen (secondary N) is 2. The van der Waals surface area contributed by atoms with E-state index in [1.165, 1.54) is 7.05 Å². The predicted molar refractivity (Wildman–Crippen MR) is 165 cm³/mol. The summed E-state index contributed by atoms with van der Waals surface area (Å²) >= 11 is 0. The monoisotopic (exact) mass is 645 g/mol. The molecule has 42 heavy (non-hydrogen) atoms. The van der Waals surface area contributed by atoms with Crippen molar-refractivity contribution in [2.75, 3.05) is 38.7 Å². The Balaban J connectivity index is 0.00000484. The summed E-state index contributed by atoms with van der Waals surface area (Å²) < 4.78 is 12.0. The molecule has 2 aromatic rings. The van der Waals surface area contributed by atoms with Crippen LogP contribution in [-0.4, -0.2) is 78.4 Å². The Morgan fingerprint density at radius 2 is 1.93 bits per heavy atom. The SMILES string of the molecule is Br.CCOc1cc2c(nc1C(=O)NC)C(=N)N(CC(=O)c1cc3c(c(C(C)(C)C)c1)OC(C(CC)C(=O)O)CN3C)C2. The molecule has 0 spiro atoms. The van der Waals surface area contributed by atoms with Crippen LogP contribution in [0.3, 0.4) is 0 Å². The second-order valence-electron chi connectivity index (χ2n) is 11.5. The Morgan fingerprint density at radius 1 is 1.24 bits per heavy atom. The zero-order valence-corrected chi connectivity index (χ0v) is 26.9. The summed E-state index contributed by atoms with van der Waals surface area (Å²) in [5, 5.41) is 21.0. The minimum atomic E-state index is -0.891. The van der Waals surface area contributed by atoms with Gasteiger partial charge in [-0.15, -0.1) is 17.0 Å². The van der Waals surface area contributed by atoms with E-state index in [0.29, 0.717) is 47.9 Å². The Kier molecular flexibility index (Phi) is 9.92. The number of carboxylic acids is 1. The summed E-state index contributed by atoms with van der Waals surface area (Å²) in [6.07, 6.45) is -0.0738. The molecule has 2 unspecified atom stereocenters. The number of aliphatic carboxylic acids is 1. The number of carbonyl (C=O) groups excluding carboxylic acids is 2. The molecule has 0 radical (unpaired) electrons. The number of likely N-dealkylation sites (N-methyl/N-ethyl adjacent to an activating group) is 1. The Bertz CT molecular complexity index is 1410. The molecular weight excluding hydrogens is 606 g/mol. The van der Waals surface area contributed by atoms with Crippen LogP contribution >= 0.6 is 17.0 Å². The molecule has 4 rings (SSSR count). The minimum Gasteiger partial charge on any atom is -0.491 e. The van der Waals surface area contributed by atoms with Crippen LogP contribution in [0.4, 0.5) is 5.69 Å². The van der Waals surface area contributed by atoms with Gasteiger partial charge in [0.25, 0.3) is 5.91 Å². The average molecular weight is 647 g/mol. The molecule has 2 atom stereocenters. The summed E-state index contributed by atoms with van der Waals surface area (Å²) in [5.74, 6) is -1.13. The number of benzene rings is 1. The van der Waals surface area contributed by atoms with Gasteiger partial charge in [-0.05, 0) is 37.0 Å². The molecule has 11 nitrogen and oxygen atoms in total. The first-order valence-corrected chi connectivity index (χ1v) is 13.9. The first-order chi connectivity index (χ1) is 19.3. The van der Waals surface area contributed by atoms with Gasteiger partial charge in [-0.3, -0.25) is 19.8 Å². The van der Waals surface area contributed by atoms with Crippen molar-refractivity contribution < 1.29 is 29.0 Å². The third-order valence-electron chi connectivity index (χ3n) is 7.58. The first-order valence-electron chi connectivity index (χ1n) is 13.9. The number of ether oxygens (including phenoxy) is 2. The van der Waals surface area contributed by atoms with Crippen LogP contribution in [-0.2, 0) is 16.8 Å². The van der Waals surface area contributed by atoms with E-state index in [9.17, 15) is 19.5 Å². The lowest BCUT2D eigenvalue weighted by Gasteiger charge is -2.39. The number of rotatable bonds is 9. The summed E-state index contributed by atoms with van der Waals surface area (Å²) in [5.41, 5.74) is 2.80. The number of amidine groups is 1. The van der Waals surface area contributed by atoms with Gasteiger partial charge in [-0.25, -0.2) is 4.98 Å². The molecule has 2 aliphatic heterocycles. The quantitative estimate of drug-likeness (QED) is 0.344. The molecule has 0 saturated heterocycles. The van der Waals surface area contributed by atoms with Crippen molar-refractivity contribution in [3.8, 4) is 11.5 Å². The second kappa shape index (κ2) is 12.7. The number of aromatic nitrogens is 1. The Labute approximate surface area is 256 Å². The van der Waals surface area contributed by atoms with E-state index >= 15 is 0 Å². The smallest absolute Gasteiger partial charge is 0.310 e. The van der Waals surface area contributed by atoms with Crippen molar-refractivity contribution in [1.82, 2.24) is 15.2 Å². The lowest BCUT2D eigenvalue weighted by atomic mass is 9.83. The number of Topliss-reactive ketones (excluding diaryl/α,β-unsaturated/α-hetero) is 1. The number of ketones is 1. The van der Waals surface area contributed by atoms with Crippen molar-refractivity contribution >= 4 is 46.2 Å². The molecule has 0 fully saturated rings. The van der Waals surface area contributed by atoms with Gasteiger partial charge < -0.3 is 29.7 Å². The van der Waals surface area contributed by atoms with Crippen LogP contribution in [0.5, 0.6) is 11.5 Å². The summed E-state index contributed by atoms with van der Waals surface area (Å²) in [4.78, 5) is 46.0. The lowest BCUT2D eigenvalue weighted by molar-refractivity contribution is -0.145. The lowest BCUT2D eigenvalue weighted by Crippen LogP contribution is -2.45. The second-order valence-corrected chi connectivity index (χ2v) is 11.5. The van der Waals surface area contributed by atoms with E-state index in [4.69, 9.17) is 14.9 Å². The highest BCUT2D eigenvalue weighted by molar-refractivity contribution is 8.93. The normalized spacial score (nSPS) is 16.5. The number of fused-ring (bicyclic) bond motifs is 2. The molecule has 1 amide bonds. The number of halogens is 1. The van der Waals surface area contributed by atoms with Crippen LogP contribution in [0.15, 0.2) is 18.2 Å². The zero-order chi connectivity index (χ0) is 30.2. The fraction of sp³-hybridized carbons (Fsp3) is 0.500. The molecule has 12 heteroatoms. The number of amides is 1. The van der Waals surface area contributed by atoms with Crippen LogP contribution < -0.4 is 19.7 Å². The highest BCUT2D eigenvalue weighted by atomic mass is 79.9. The molecule has 0 aliphatic carbocycles. The van der Waals surface area contributed by atoms with Gasteiger partial charge in [0, 0.05) is 37.3 Å². The maximum Gasteiger partial charge on any atom is 0.310 e. The average Bonchev–Trinajstić information content (AvgIpc) is 3.20. The van der Waals surface area contributed by atoms with Gasteiger partial charge in [0.2, 0.25) is 0 Å². The number of hydrogen-bond donors (Lipinski definition) is 3. The molecule has 3 N–H and O–H groups in total. The number of pyridine rings is 1. The zero-order valence-electron chi connectivity index (χ0n) is 25.2. The third-order valence-corrected chi connectivity index (χ3v) is 7.58. The highest BCUT2D eigenvalue weighted by Crippen LogP contribution is 2.44. The molecule has 0 bridgehead atoms. The van der Waals surface area contributed by atoms with Gasteiger partial charge in [-0.2, -0.15) is 0 Å². The number of carbonyl (C=O) groups is 3. The van der Waals surface area contributed by atoms with E-state index in [2.05, 4.69) is 10.3 Å². The number of carboxylic acid groups (broad SMARTS) is 1.